The average molecular weight is 420 g/mol. The summed E-state index contributed by atoms with van der Waals surface area (Å²) >= 11 is 1.47. The number of fused-ring (bicyclic) bond motifs is 3. The predicted molar refractivity (Wildman–Crippen MR) is 116 cm³/mol. The van der Waals surface area contributed by atoms with Crippen molar-refractivity contribution in [2.24, 2.45) is 0 Å². The lowest BCUT2D eigenvalue weighted by molar-refractivity contribution is -0.329. The maximum absolute atomic E-state index is 13.1. The Kier molecular flexibility index (Phi) is 5.44. The average Bonchev–Trinajstić information content (AvgIpc) is 3.04. The Hall–Kier alpha value is -1.90. The van der Waals surface area contributed by atoms with E-state index in [0.29, 0.717) is 43.5 Å². The standard InChI is InChI=1S/C21H30N4O3S/c1-5-24(6-2)20(26)17-16(22)15-13-11-21(3,4)28-12-14(13)18(23-19(15)29-17)25-7-9-27-10-8-25/h5-12,22H2,1-4H3/p+1. The zero-order valence-electron chi connectivity index (χ0n) is 17.8. The molecule has 0 atom stereocenters. The summed E-state index contributed by atoms with van der Waals surface area (Å²) in [5, 5.41) is 0.994. The molecule has 2 aliphatic rings. The Labute approximate surface area is 175 Å². The summed E-state index contributed by atoms with van der Waals surface area (Å²) in [5.74, 6) is 1.09. The Morgan fingerprint density at radius 3 is 2.59 bits per heavy atom. The van der Waals surface area contributed by atoms with E-state index in [-0.39, 0.29) is 11.5 Å². The fourth-order valence-corrected chi connectivity index (χ4v) is 5.39. The van der Waals surface area contributed by atoms with Gasteiger partial charge in [0.2, 0.25) is 0 Å². The van der Waals surface area contributed by atoms with E-state index >= 15 is 0 Å². The van der Waals surface area contributed by atoms with Crippen molar-refractivity contribution in [2.45, 2.75) is 46.3 Å². The second-order valence-electron chi connectivity index (χ2n) is 8.28. The van der Waals surface area contributed by atoms with Crippen LogP contribution in [0.15, 0.2) is 0 Å². The van der Waals surface area contributed by atoms with Crippen LogP contribution in [0.3, 0.4) is 0 Å². The summed E-state index contributed by atoms with van der Waals surface area (Å²) in [7, 11) is 0. The molecule has 4 heterocycles. The molecule has 0 bridgehead atoms. The van der Waals surface area contributed by atoms with Crippen LogP contribution in [-0.4, -0.2) is 55.8 Å². The zero-order chi connectivity index (χ0) is 20.8. The van der Waals surface area contributed by atoms with Crippen LogP contribution in [-0.2, 0) is 22.5 Å². The number of aromatic nitrogens is 1. The molecule has 8 heteroatoms. The topological polar surface area (TPSA) is 82.2 Å². The van der Waals surface area contributed by atoms with Gasteiger partial charge in [-0.3, -0.25) is 9.69 Å². The molecule has 3 N–H and O–H groups in total. The Morgan fingerprint density at radius 2 is 1.93 bits per heavy atom. The maximum atomic E-state index is 13.1. The van der Waals surface area contributed by atoms with Crippen molar-refractivity contribution in [3.63, 3.8) is 0 Å². The Bertz CT molecular complexity index is 930. The SMILES string of the molecule is CCN(CC)C(=O)c1sc2[nH+]c(N3CCOCC3)c3c(c2c1N)CC(C)(C)OC3. The third kappa shape index (κ3) is 3.58. The van der Waals surface area contributed by atoms with Gasteiger partial charge in [0.25, 0.3) is 11.7 Å². The lowest BCUT2D eigenvalue weighted by Gasteiger charge is -2.33. The van der Waals surface area contributed by atoms with Gasteiger partial charge in [-0.25, -0.2) is 4.98 Å². The van der Waals surface area contributed by atoms with E-state index in [9.17, 15) is 4.79 Å². The van der Waals surface area contributed by atoms with Crippen LogP contribution >= 0.6 is 11.3 Å². The molecule has 2 aromatic heterocycles. The molecule has 29 heavy (non-hydrogen) atoms. The summed E-state index contributed by atoms with van der Waals surface area (Å²) in [6.07, 6.45) is 0.769. The van der Waals surface area contributed by atoms with Crippen molar-refractivity contribution in [1.29, 1.82) is 0 Å². The number of aromatic amines is 1. The van der Waals surface area contributed by atoms with Crippen LogP contribution < -0.4 is 15.6 Å². The molecule has 1 fully saturated rings. The van der Waals surface area contributed by atoms with Crippen LogP contribution in [0.5, 0.6) is 0 Å². The van der Waals surface area contributed by atoms with Crippen molar-refractivity contribution in [1.82, 2.24) is 4.90 Å². The first-order valence-electron chi connectivity index (χ1n) is 10.4. The molecular formula is C21H31N4O3S+. The highest BCUT2D eigenvalue weighted by molar-refractivity contribution is 7.20. The van der Waals surface area contributed by atoms with Crippen molar-refractivity contribution in [2.75, 3.05) is 50.0 Å². The highest BCUT2D eigenvalue weighted by Crippen LogP contribution is 2.42. The molecule has 1 saturated heterocycles. The molecule has 158 valence electrons. The monoisotopic (exact) mass is 419 g/mol. The van der Waals surface area contributed by atoms with Gasteiger partial charge in [0.15, 0.2) is 4.83 Å². The van der Waals surface area contributed by atoms with Gasteiger partial charge in [-0.1, -0.05) is 11.3 Å². The van der Waals surface area contributed by atoms with Gasteiger partial charge in [-0.2, -0.15) is 0 Å². The highest BCUT2D eigenvalue weighted by Gasteiger charge is 2.37. The van der Waals surface area contributed by atoms with E-state index in [1.807, 2.05) is 18.7 Å². The van der Waals surface area contributed by atoms with E-state index in [1.165, 1.54) is 16.9 Å². The lowest BCUT2D eigenvalue weighted by atomic mass is 9.89. The number of amides is 1. The molecule has 0 unspecified atom stereocenters. The fourth-order valence-electron chi connectivity index (χ4n) is 4.27. The number of hydrogen-bond donors (Lipinski definition) is 1. The van der Waals surface area contributed by atoms with E-state index in [4.69, 9.17) is 15.2 Å². The summed E-state index contributed by atoms with van der Waals surface area (Å²) < 4.78 is 11.7. The lowest BCUT2D eigenvalue weighted by Crippen LogP contribution is -2.42. The van der Waals surface area contributed by atoms with E-state index in [1.54, 1.807) is 0 Å². The third-order valence-corrected chi connectivity index (χ3v) is 7.02. The molecule has 0 saturated carbocycles. The summed E-state index contributed by atoms with van der Waals surface area (Å²) in [5.41, 5.74) is 9.30. The number of carbonyl (C=O) groups excluding carboxylic acids is 1. The number of nitrogens with two attached hydrogens (primary N) is 1. The molecule has 2 aliphatic heterocycles. The first-order valence-corrected chi connectivity index (χ1v) is 11.2. The van der Waals surface area contributed by atoms with Crippen molar-refractivity contribution < 1.29 is 19.3 Å². The summed E-state index contributed by atoms with van der Waals surface area (Å²) in [6.45, 7) is 13.2. The molecule has 0 spiro atoms. The normalized spacial score (nSPS) is 18.7. The van der Waals surface area contributed by atoms with Crippen LogP contribution in [0.25, 0.3) is 10.2 Å². The van der Waals surface area contributed by atoms with Gasteiger partial charge >= 0.3 is 0 Å². The number of nitrogens with one attached hydrogen (secondary N) is 1. The fraction of sp³-hybridized carbons (Fsp3) is 0.619. The van der Waals surface area contributed by atoms with Gasteiger partial charge in [-0.15, -0.1) is 0 Å². The first-order chi connectivity index (χ1) is 13.9. The second kappa shape index (κ2) is 7.74. The third-order valence-electron chi connectivity index (χ3n) is 5.91. The molecule has 4 rings (SSSR count). The van der Waals surface area contributed by atoms with Crippen molar-refractivity contribution in [3.05, 3.63) is 16.0 Å². The van der Waals surface area contributed by atoms with Crippen molar-refractivity contribution >= 4 is 39.0 Å². The number of nitrogens with zero attached hydrogens (tertiary/aromatic N) is 2. The van der Waals surface area contributed by atoms with Crippen LogP contribution in [0.2, 0.25) is 0 Å². The van der Waals surface area contributed by atoms with Gasteiger partial charge in [0, 0.05) is 19.5 Å². The largest absolute Gasteiger partial charge is 0.397 e. The highest BCUT2D eigenvalue weighted by atomic mass is 32.1. The summed E-state index contributed by atoms with van der Waals surface area (Å²) in [6, 6.07) is 0. The van der Waals surface area contributed by atoms with E-state index in [2.05, 4.69) is 23.7 Å². The molecule has 0 aliphatic carbocycles. The first kappa shape index (κ1) is 20.4. The van der Waals surface area contributed by atoms with Gasteiger partial charge in [-0.05, 0) is 33.3 Å². The minimum Gasteiger partial charge on any atom is -0.397 e. The molecule has 1 amide bonds. The van der Waals surface area contributed by atoms with Gasteiger partial charge in [0.05, 0.1) is 42.1 Å². The van der Waals surface area contributed by atoms with Crippen molar-refractivity contribution in [3.8, 4) is 0 Å². The number of carbonyl (C=O) groups is 1. The quantitative estimate of drug-likeness (QED) is 0.823. The minimum atomic E-state index is -0.263. The number of anilines is 2. The number of rotatable bonds is 4. The number of hydrogen-bond acceptors (Lipinski definition) is 6. The molecule has 2 aromatic rings. The number of H-pyrrole nitrogens is 1. The van der Waals surface area contributed by atoms with Crippen LogP contribution in [0, 0.1) is 0 Å². The Morgan fingerprint density at radius 1 is 1.24 bits per heavy atom. The minimum absolute atomic E-state index is 0.00934. The Balaban J connectivity index is 1.90. The summed E-state index contributed by atoms with van der Waals surface area (Å²) in [4.78, 5) is 22.4. The second-order valence-corrected chi connectivity index (χ2v) is 9.30. The molecular weight excluding hydrogens is 388 g/mol. The van der Waals surface area contributed by atoms with Crippen LogP contribution in [0.1, 0.15) is 48.5 Å². The van der Waals surface area contributed by atoms with E-state index < -0.39 is 0 Å². The molecule has 7 nitrogen and oxygen atoms in total. The van der Waals surface area contributed by atoms with E-state index in [0.717, 1.165) is 41.1 Å². The predicted octanol–water partition coefficient (Wildman–Crippen LogP) is 2.47. The van der Waals surface area contributed by atoms with Crippen LogP contribution in [0.4, 0.5) is 11.5 Å². The smallest absolute Gasteiger partial charge is 0.281 e. The maximum Gasteiger partial charge on any atom is 0.281 e. The van der Waals surface area contributed by atoms with Gasteiger partial charge < -0.3 is 20.1 Å². The number of nitrogen functional groups attached to an aromatic ring is 1. The molecule has 0 aromatic carbocycles. The zero-order valence-corrected chi connectivity index (χ0v) is 18.6. The number of thiophene rings is 1. The number of morpholine rings is 1. The number of ether oxygens (including phenoxy) is 2. The number of pyridine rings is 1. The van der Waals surface area contributed by atoms with Gasteiger partial charge in [0.1, 0.15) is 18.0 Å². The molecule has 0 radical (unpaired) electrons.